The summed E-state index contributed by atoms with van der Waals surface area (Å²) in [7, 11) is 0. The van der Waals surface area contributed by atoms with Crippen LogP contribution in [0.25, 0.3) is 33.2 Å². The third kappa shape index (κ3) is 5.82. The van der Waals surface area contributed by atoms with Gasteiger partial charge in [-0.1, -0.05) is 164 Å². The van der Waals surface area contributed by atoms with E-state index in [9.17, 15) is 0 Å². The summed E-state index contributed by atoms with van der Waals surface area (Å²) in [5, 5.41) is 1.13. The summed E-state index contributed by atoms with van der Waals surface area (Å²) in [5.74, 6) is 0.963. The largest absolute Gasteiger partial charge is 0.459 e. The van der Waals surface area contributed by atoms with Crippen molar-refractivity contribution in [3.8, 4) is 22.3 Å². The summed E-state index contributed by atoms with van der Waals surface area (Å²) in [5.41, 5.74) is 15.0. The molecule has 0 bridgehead atoms. The smallest absolute Gasteiger partial charge is 0.135 e. The highest BCUT2D eigenvalue weighted by molar-refractivity contribution is 6.02. The Morgan fingerprint density at radius 3 is 1.20 bits per heavy atom. The first-order valence-electron chi connectivity index (χ1n) is 20.5. The first kappa shape index (κ1) is 35.3. The van der Waals surface area contributed by atoms with Gasteiger partial charge in [0.2, 0.25) is 0 Å². The number of anilines is 6. The zero-order valence-electron chi connectivity index (χ0n) is 32.9. The Morgan fingerprint density at radius 1 is 0.333 bits per heavy atom. The molecule has 1 aliphatic rings. The van der Waals surface area contributed by atoms with E-state index in [1.54, 1.807) is 0 Å². The molecule has 3 nitrogen and oxygen atoms in total. The van der Waals surface area contributed by atoms with Crippen LogP contribution in [0, 0.1) is 0 Å². The van der Waals surface area contributed by atoms with Crippen molar-refractivity contribution < 1.29 is 4.42 Å². The molecule has 0 radical (unpaired) electrons. The van der Waals surface area contributed by atoms with Crippen molar-refractivity contribution in [2.24, 2.45) is 0 Å². The van der Waals surface area contributed by atoms with Gasteiger partial charge < -0.3 is 14.2 Å². The predicted molar refractivity (Wildman–Crippen MR) is 248 cm³/mol. The van der Waals surface area contributed by atoms with Crippen molar-refractivity contribution in [2.45, 2.75) is 5.41 Å². The summed E-state index contributed by atoms with van der Waals surface area (Å²) in [6.45, 7) is 0. The van der Waals surface area contributed by atoms with Crippen molar-refractivity contribution in [3.05, 3.63) is 265 Å². The van der Waals surface area contributed by atoms with E-state index < -0.39 is 5.41 Å². The van der Waals surface area contributed by atoms with E-state index in [0.29, 0.717) is 0 Å². The first-order chi connectivity index (χ1) is 29.8. The molecule has 1 aliphatic carbocycles. The topological polar surface area (TPSA) is 19.6 Å². The lowest BCUT2D eigenvalue weighted by molar-refractivity contribution is 0.502. The highest BCUT2D eigenvalue weighted by Crippen LogP contribution is 2.60. The maximum atomic E-state index is 6.99. The lowest BCUT2D eigenvalue weighted by Gasteiger charge is -2.33. The lowest BCUT2D eigenvalue weighted by atomic mass is 9.70. The standard InChI is InChI=1S/C57H40N2O/c1-6-18-43(19-7-1)57(44-20-8-2-9-21-44)53-40-50(38-39-51(53)55-52-28-16-17-29-54(52)60-56(55)57)59(47-26-14-5-15-27-47)49-36-32-42(33-37-49)41-30-34-48(35-31-41)58(45-22-10-3-11-23-45)46-24-12-4-13-25-46/h1-40H. The van der Waals surface area contributed by atoms with E-state index in [-0.39, 0.29) is 0 Å². The SMILES string of the molecule is c1ccc(N(c2ccccc2)c2ccc(-c3ccc(N(c4ccccc4)c4ccc5c(c4)C(c4ccccc4)(c4ccccc4)c4oc6ccccc6c4-5)cc3)cc2)cc1. The molecule has 0 aliphatic heterocycles. The Hall–Kier alpha value is -7.88. The summed E-state index contributed by atoms with van der Waals surface area (Å²) in [6.07, 6.45) is 0. The van der Waals surface area contributed by atoms with Gasteiger partial charge in [-0.3, -0.25) is 0 Å². The van der Waals surface area contributed by atoms with E-state index in [4.69, 9.17) is 4.42 Å². The number of rotatable bonds is 9. The van der Waals surface area contributed by atoms with E-state index in [0.717, 1.165) is 67.5 Å². The third-order valence-electron chi connectivity index (χ3n) is 11.9. The zero-order chi connectivity index (χ0) is 39.9. The van der Waals surface area contributed by atoms with E-state index in [2.05, 4.69) is 252 Å². The van der Waals surface area contributed by atoms with Gasteiger partial charge in [-0.05, 0) is 112 Å². The van der Waals surface area contributed by atoms with Crippen molar-refractivity contribution in [1.82, 2.24) is 0 Å². The Labute approximate surface area is 350 Å². The summed E-state index contributed by atoms with van der Waals surface area (Å²) in [6, 6.07) is 86.6. The maximum Gasteiger partial charge on any atom is 0.135 e. The second kappa shape index (κ2) is 14.8. The molecule has 284 valence electrons. The molecule has 1 aromatic heterocycles. The molecule has 0 saturated carbocycles. The average molecular weight is 769 g/mol. The van der Waals surface area contributed by atoms with Crippen LogP contribution in [0.3, 0.4) is 0 Å². The molecule has 3 heteroatoms. The average Bonchev–Trinajstić information content (AvgIpc) is 3.84. The van der Waals surface area contributed by atoms with Crippen molar-refractivity contribution in [2.75, 3.05) is 9.80 Å². The van der Waals surface area contributed by atoms with Crippen LogP contribution in [-0.4, -0.2) is 0 Å². The van der Waals surface area contributed by atoms with Crippen LogP contribution < -0.4 is 9.80 Å². The number of nitrogens with zero attached hydrogens (tertiary/aromatic N) is 2. The minimum atomic E-state index is -0.669. The molecule has 11 rings (SSSR count). The predicted octanol–water partition coefficient (Wildman–Crippen LogP) is 15.4. The first-order valence-corrected chi connectivity index (χ1v) is 20.5. The Bertz CT molecular complexity index is 2970. The van der Waals surface area contributed by atoms with Gasteiger partial charge in [-0.2, -0.15) is 0 Å². The van der Waals surface area contributed by atoms with Gasteiger partial charge in [0, 0.05) is 45.1 Å². The fourth-order valence-corrected chi connectivity index (χ4v) is 9.25. The zero-order valence-corrected chi connectivity index (χ0v) is 32.9. The number of hydrogen-bond acceptors (Lipinski definition) is 3. The van der Waals surface area contributed by atoms with Crippen molar-refractivity contribution >= 4 is 45.1 Å². The van der Waals surface area contributed by atoms with Gasteiger partial charge in [0.25, 0.3) is 0 Å². The molecule has 10 aromatic rings. The van der Waals surface area contributed by atoms with Crippen molar-refractivity contribution in [3.63, 3.8) is 0 Å². The Kier molecular flexibility index (Phi) is 8.71. The minimum absolute atomic E-state index is 0.669. The van der Waals surface area contributed by atoms with Gasteiger partial charge in [0.15, 0.2) is 0 Å². The molecule has 0 amide bonds. The van der Waals surface area contributed by atoms with Crippen LogP contribution in [0.1, 0.15) is 22.5 Å². The second-order valence-electron chi connectivity index (χ2n) is 15.3. The van der Waals surface area contributed by atoms with Crippen molar-refractivity contribution in [1.29, 1.82) is 0 Å². The normalized spacial score (nSPS) is 12.5. The molecule has 0 unspecified atom stereocenters. The summed E-state index contributed by atoms with van der Waals surface area (Å²) < 4.78 is 6.99. The van der Waals surface area contributed by atoms with E-state index >= 15 is 0 Å². The summed E-state index contributed by atoms with van der Waals surface area (Å²) >= 11 is 0. The molecule has 0 fully saturated rings. The number of benzene rings is 9. The van der Waals surface area contributed by atoms with Gasteiger partial charge in [-0.15, -0.1) is 0 Å². The molecule has 0 saturated heterocycles. The van der Waals surface area contributed by atoms with Crippen LogP contribution >= 0.6 is 0 Å². The Morgan fingerprint density at radius 2 is 0.717 bits per heavy atom. The molecule has 0 spiro atoms. The highest BCUT2D eigenvalue weighted by atomic mass is 16.3. The maximum absolute atomic E-state index is 6.99. The molecule has 60 heavy (non-hydrogen) atoms. The van der Waals surface area contributed by atoms with E-state index in [1.807, 2.05) is 0 Å². The summed E-state index contributed by atoms with van der Waals surface area (Å²) in [4.78, 5) is 4.66. The minimum Gasteiger partial charge on any atom is -0.459 e. The van der Waals surface area contributed by atoms with Crippen LogP contribution in [0.5, 0.6) is 0 Å². The quantitative estimate of drug-likeness (QED) is 0.146. The number of fused-ring (bicyclic) bond motifs is 5. The monoisotopic (exact) mass is 768 g/mol. The van der Waals surface area contributed by atoms with Gasteiger partial charge in [-0.25, -0.2) is 0 Å². The fraction of sp³-hybridized carbons (Fsp3) is 0.0175. The Balaban J connectivity index is 1.02. The van der Waals surface area contributed by atoms with Crippen LogP contribution in [0.4, 0.5) is 34.1 Å². The number of hydrogen-bond donors (Lipinski definition) is 0. The lowest BCUT2D eigenvalue weighted by Crippen LogP contribution is -2.28. The van der Waals surface area contributed by atoms with E-state index in [1.165, 1.54) is 22.3 Å². The van der Waals surface area contributed by atoms with Crippen LogP contribution in [-0.2, 0) is 5.41 Å². The molecule has 9 aromatic carbocycles. The highest BCUT2D eigenvalue weighted by Gasteiger charge is 2.50. The molecule has 1 heterocycles. The van der Waals surface area contributed by atoms with Gasteiger partial charge in [0.1, 0.15) is 16.8 Å². The molecule has 0 N–H and O–H groups in total. The molecular formula is C57H40N2O. The second-order valence-corrected chi connectivity index (χ2v) is 15.3. The molecule has 0 atom stereocenters. The van der Waals surface area contributed by atoms with Crippen LogP contribution in [0.15, 0.2) is 247 Å². The van der Waals surface area contributed by atoms with Gasteiger partial charge >= 0.3 is 0 Å². The van der Waals surface area contributed by atoms with Gasteiger partial charge in [0.05, 0.1) is 0 Å². The number of furan rings is 1. The van der Waals surface area contributed by atoms with Crippen LogP contribution in [0.2, 0.25) is 0 Å². The third-order valence-corrected chi connectivity index (χ3v) is 11.9. The molecular weight excluding hydrogens is 729 g/mol. The fourth-order valence-electron chi connectivity index (χ4n) is 9.25. The number of para-hydroxylation sites is 4.